The van der Waals surface area contributed by atoms with E-state index < -0.39 is 12.8 Å². The van der Waals surface area contributed by atoms with Crippen LogP contribution in [0.15, 0.2) is 0 Å². The van der Waals surface area contributed by atoms with Gasteiger partial charge in [0.15, 0.2) is 0 Å². The first-order valence-corrected chi connectivity index (χ1v) is 7.89. The molecular formula is C15H28F3NO. The van der Waals surface area contributed by atoms with Gasteiger partial charge in [0.25, 0.3) is 0 Å². The van der Waals surface area contributed by atoms with E-state index in [9.17, 15) is 13.2 Å². The van der Waals surface area contributed by atoms with Gasteiger partial charge in [-0.15, -0.1) is 0 Å². The van der Waals surface area contributed by atoms with E-state index in [0.717, 1.165) is 25.3 Å². The molecule has 0 aromatic rings. The zero-order valence-electron chi connectivity index (χ0n) is 12.5. The molecule has 0 heterocycles. The predicted octanol–water partition coefficient (Wildman–Crippen LogP) is 4.29. The van der Waals surface area contributed by atoms with E-state index in [1.54, 1.807) is 0 Å². The van der Waals surface area contributed by atoms with E-state index >= 15 is 0 Å². The van der Waals surface area contributed by atoms with Crippen LogP contribution in [0.1, 0.15) is 58.3 Å². The number of alkyl halides is 3. The Hall–Kier alpha value is -0.290. The fourth-order valence-electron chi connectivity index (χ4n) is 2.89. The molecule has 1 aliphatic carbocycles. The Labute approximate surface area is 120 Å². The Morgan fingerprint density at radius 3 is 2.50 bits per heavy atom. The second kappa shape index (κ2) is 9.61. The van der Waals surface area contributed by atoms with Crippen molar-refractivity contribution < 1.29 is 17.9 Å². The highest BCUT2D eigenvalue weighted by Crippen LogP contribution is 2.28. The van der Waals surface area contributed by atoms with Gasteiger partial charge in [0, 0.05) is 12.6 Å². The fourth-order valence-corrected chi connectivity index (χ4v) is 2.89. The molecule has 0 bridgehead atoms. The van der Waals surface area contributed by atoms with E-state index in [1.807, 2.05) is 0 Å². The van der Waals surface area contributed by atoms with Crippen LogP contribution in [-0.2, 0) is 4.74 Å². The summed E-state index contributed by atoms with van der Waals surface area (Å²) >= 11 is 0. The van der Waals surface area contributed by atoms with E-state index in [-0.39, 0.29) is 6.61 Å². The van der Waals surface area contributed by atoms with Gasteiger partial charge in [-0.2, -0.15) is 13.2 Å². The number of hydrogen-bond donors (Lipinski definition) is 1. The third-order valence-electron chi connectivity index (χ3n) is 3.90. The molecule has 0 aromatic heterocycles. The predicted molar refractivity (Wildman–Crippen MR) is 74.8 cm³/mol. The van der Waals surface area contributed by atoms with Crippen LogP contribution in [0.3, 0.4) is 0 Å². The quantitative estimate of drug-likeness (QED) is 0.641. The van der Waals surface area contributed by atoms with Gasteiger partial charge in [0.2, 0.25) is 0 Å². The van der Waals surface area contributed by atoms with Gasteiger partial charge in [-0.25, -0.2) is 0 Å². The standard InChI is InChI=1S/C15H28F3NO/c1-2-9-19-14(8-10-20-12-15(16,17)18)11-13-6-4-3-5-7-13/h13-14,19H,2-12H2,1H3. The second-order valence-corrected chi connectivity index (χ2v) is 5.85. The average Bonchev–Trinajstić information content (AvgIpc) is 2.40. The van der Waals surface area contributed by atoms with Crippen molar-refractivity contribution in [2.45, 2.75) is 70.5 Å². The van der Waals surface area contributed by atoms with Crippen LogP contribution in [0.5, 0.6) is 0 Å². The molecule has 0 radical (unpaired) electrons. The van der Waals surface area contributed by atoms with Gasteiger partial charge in [-0.1, -0.05) is 39.0 Å². The number of halogens is 3. The van der Waals surface area contributed by atoms with Gasteiger partial charge in [-0.05, 0) is 31.7 Å². The summed E-state index contributed by atoms with van der Waals surface area (Å²) in [5, 5.41) is 3.45. The number of nitrogens with one attached hydrogen (secondary N) is 1. The van der Waals surface area contributed by atoms with E-state index in [4.69, 9.17) is 4.74 Å². The normalized spacial score (nSPS) is 19.2. The molecule has 1 rings (SSSR count). The third kappa shape index (κ3) is 8.80. The lowest BCUT2D eigenvalue weighted by Crippen LogP contribution is -2.34. The molecule has 5 heteroatoms. The SMILES string of the molecule is CCCNC(CCOCC(F)(F)F)CC1CCCCC1. The summed E-state index contributed by atoms with van der Waals surface area (Å²) in [5.41, 5.74) is 0. The first-order chi connectivity index (χ1) is 9.51. The zero-order chi connectivity index (χ0) is 14.8. The lowest BCUT2D eigenvalue weighted by molar-refractivity contribution is -0.174. The van der Waals surface area contributed by atoms with Crippen molar-refractivity contribution in [3.8, 4) is 0 Å². The molecule has 1 unspecified atom stereocenters. The molecule has 0 saturated heterocycles. The molecule has 1 N–H and O–H groups in total. The molecule has 1 fully saturated rings. The maximum atomic E-state index is 12.0. The van der Waals surface area contributed by atoms with Crippen LogP contribution in [0, 0.1) is 5.92 Å². The zero-order valence-corrected chi connectivity index (χ0v) is 12.5. The minimum atomic E-state index is -4.21. The minimum Gasteiger partial charge on any atom is -0.372 e. The molecule has 0 aliphatic heterocycles. The van der Waals surface area contributed by atoms with Crippen LogP contribution in [0.4, 0.5) is 13.2 Å². The second-order valence-electron chi connectivity index (χ2n) is 5.85. The third-order valence-corrected chi connectivity index (χ3v) is 3.90. The Morgan fingerprint density at radius 2 is 1.90 bits per heavy atom. The van der Waals surface area contributed by atoms with Crippen molar-refractivity contribution in [2.24, 2.45) is 5.92 Å². The summed E-state index contributed by atoms with van der Waals surface area (Å²) in [5.74, 6) is 0.737. The van der Waals surface area contributed by atoms with E-state index in [0.29, 0.717) is 12.5 Å². The monoisotopic (exact) mass is 295 g/mol. The van der Waals surface area contributed by atoms with Crippen molar-refractivity contribution in [3.05, 3.63) is 0 Å². The number of hydrogen-bond acceptors (Lipinski definition) is 2. The Bertz CT molecular complexity index is 240. The molecule has 2 nitrogen and oxygen atoms in total. The Morgan fingerprint density at radius 1 is 1.20 bits per heavy atom. The summed E-state index contributed by atoms with van der Waals surface area (Å²) in [6.45, 7) is 2.09. The van der Waals surface area contributed by atoms with Crippen molar-refractivity contribution in [1.82, 2.24) is 5.32 Å². The molecule has 20 heavy (non-hydrogen) atoms. The molecular weight excluding hydrogens is 267 g/mol. The van der Waals surface area contributed by atoms with Crippen molar-refractivity contribution in [3.63, 3.8) is 0 Å². The van der Waals surface area contributed by atoms with Crippen molar-refractivity contribution in [1.29, 1.82) is 0 Å². The largest absolute Gasteiger partial charge is 0.411 e. The summed E-state index contributed by atoms with van der Waals surface area (Å²) in [6, 6.07) is 0.297. The van der Waals surface area contributed by atoms with E-state index in [1.165, 1.54) is 32.1 Å². The maximum Gasteiger partial charge on any atom is 0.411 e. The highest BCUT2D eigenvalue weighted by Gasteiger charge is 2.27. The van der Waals surface area contributed by atoms with Crippen LogP contribution in [0.25, 0.3) is 0 Å². The van der Waals surface area contributed by atoms with Crippen LogP contribution >= 0.6 is 0 Å². The number of ether oxygens (including phenoxy) is 1. The molecule has 0 amide bonds. The van der Waals surface area contributed by atoms with Crippen LogP contribution in [-0.4, -0.2) is 32.0 Å². The highest BCUT2D eigenvalue weighted by atomic mass is 19.4. The maximum absolute atomic E-state index is 12.0. The summed E-state index contributed by atoms with van der Waals surface area (Å²) in [7, 11) is 0. The Balaban J connectivity index is 2.23. The molecule has 0 spiro atoms. The number of rotatable bonds is 9. The highest BCUT2D eigenvalue weighted by molar-refractivity contribution is 4.74. The molecule has 1 saturated carbocycles. The molecule has 0 aromatic carbocycles. The first-order valence-electron chi connectivity index (χ1n) is 7.89. The van der Waals surface area contributed by atoms with Crippen molar-refractivity contribution >= 4 is 0 Å². The summed E-state index contributed by atoms with van der Waals surface area (Å²) < 4.78 is 40.8. The Kier molecular flexibility index (Phi) is 8.53. The topological polar surface area (TPSA) is 21.3 Å². The average molecular weight is 295 g/mol. The van der Waals surface area contributed by atoms with Crippen LogP contribution in [0.2, 0.25) is 0 Å². The fraction of sp³-hybridized carbons (Fsp3) is 1.00. The smallest absolute Gasteiger partial charge is 0.372 e. The molecule has 1 aliphatic rings. The molecule has 1 atom stereocenters. The van der Waals surface area contributed by atoms with E-state index in [2.05, 4.69) is 12.2 Å². The van der Waals surface area contributed by atoms with Crippen molar-refractivity contribution in [2.75, 3.05) is 19.8 Å². The molecule has 120 valence electrons. The van der Waals surface area contributed by atoms with Gasteiger partial charge >= 0.3 is 6.18 Å². The van der Waals surface area contributed by atoms with Gasteiger partial charge in [0.1, 0.15) is 6.61 Å². The van der Waals surface area contributed by atoms with Gasteiger partial charge in [-0.3, -0.25) is 0 Å². The summed E-state index contributed by atoms with van der Waals surface area (Å²) in [6.07, 6.45) is 5.06. The van der Waals surface area contributed by atoms with Gasteiger partial charge in [0.05, 0.1) is 0 Å². The van der Waals surface area contributed by atoms with Gasteiger partial charge < -0.3 is 10.1 Å². The summed E-state index contributed by atoms with van der Waals surface area (Å²) in [4.78, 5) is 0. The first kappa shape index (κ1) is 17.8. The lowest BCUT2D eigenvalue weighted by Gasteiger charge is -2.27. The lowest BCUT2D eigenvalue weighted by atomic mass is 9.84. The van der Waals surface area contributed by atoms with Crippen LogP contribution < -0.4 is 5.32 Å². The minimum absolute atomic E-state index is 0.188.